The van der Waals surface area contributed by atoms with Crippen molar-refractivity contribution in [1.82, 2.24) is 0 Å². The molecule has 150 valence electrons. The lowest BCUT2D eigenvalue weighted by molar-refractivity contribution is -0.209. The Balaban J connectivity index is 1.77. The lowest BCUT2D eigenvalue weighted by Gasteiger charge is -2.70. The van der Waals surface area contributed by atoms with Gasteiger partial charge in [0.1, 0.15) is 0 Å². The molecule has 27 heavy (non-hydrogen) atoms. The lowest BCUT2D eigenvalue weighted by atomic mass is 9.35. The maximum absolute atomic E-state index is 12.2. The molecule has 5 rings (SSSR count). The summed E-state index contributed by atoms with van der Waals surface area (Å²) in [5.74, 6) is 2.36. The summed E-state index contributed by atoms with van der Waals surface area (Å²) < 4.78 is 0. The van der Waals surface area contributed by atoms with E-state index in [1.165, 1.54) is 19.3 Å². The Hall–Kier alpha value is -0.870. The molecule has 0 aromatic heterocycles. The Labute approximate surface area is 166 Å². The molecule has 2 bridgehead atoms. The van der Waals surface area contributed by atoms with Gasteiger partial charge in [-0.1, -0.05) is 18.5 Å². The van der Waals surface area contributed by atoms with Crippen LogP contribution in [0.3, 0.4) is 0 Å². The first-order valence-corrected chi connectivity index (χ1v) is 12.0. The number of carbonyl (C=O) groups is 1. The van der Waals surface area contributed by atoms with E-state index in [1.54, 1.807) is 0 Å². The standard InChI is InChI=1S/C21H33N3O2S/c1-19-7-4-8-20(2,18(25)26)15(19)6-10-21-9-5-13(11-16(19)21)14(12-27-3)17(21)23-24-22/h13-17H,4-12H2,1-3H3,(H,25,26)/t13-,14-,15-,16-,17+,19+,20+,21-/m0/s1. The second kappa shape index (κ2) is 6.59. The molecule has 0 amide bonds. The number of carboxylic acids is 1. The average Bonchev–Trinajstić information content (AvgIpc) is 2.64. The van der Waals surface area contributed by atoms with Gasteiger partial charge in [0.15, 0.2) is 0 Å². The molecule has 5 aliphatic carbocycles. The molecule has 0 aromatic carbocycles. The number of fused-ring (bicyclic) bond motifs is 3. The molecule has 5 fully saturated rings. The number of azide groups is 1. The van der Waals surface area contributed by atoms with Gasteiger partial charge < -0.3 is 5.11 Å². The van der Waals surface area contributed by atoms with Crippen LogP contribution in [0.1, 0.15) is 65.2 Å². The zero-order valence-electron chi connectivity index (χ0n) is 16.9. The maximum atomic E-state index is 12.2. The smallest absolute Gasteiger partial charge is 0.309 e. The summed E-state index contributed by atoms with van der Waals surface area (Å²) in [5, 5.41) is 14.5. The Morgan fingerprint density at radius 3 is 2.63 bits per heavy atom. The van der Waals surface area contributed by atoms with Crippen molar-refractivity contribution >= 4 is 17.7 Å². The molecule has 6 heteroatoms. The Morgan fingerprint density at radius 1 is 1.22 bits per heavy atom. The molecule has 5 aliphatic rings. The van der Waals surface area contributed by atoms with Crippen LogP contribution in [0.15, 0.2) is 5.11 Å². The zero-order chi connectivity index (χ0) is 19.4. The van der Waals surface area contributed by atoms with Gasteiger partial charge in [-0.2, -0.15) is 11.8 Å². The largest absolute Gasteiger partial charge is 0.481 e. The van der Waals surface area contributed by atoms with Crippen LogP contribution >= 0.6 is 11.8 Å². The van der Waals surface area contributed by atoms with Crippen molar-refractivity contribution in [3.8, 4) is 0 Å². The van der Waals surface area contributed by atoms with E-state index in [2.05, 4.69) is 23.2 Å². The third-order valence-electron chi connectivity index (χ3n) is 9.51. The van der Waals surface area contributed by atoms with Crippen molar-refractivity contribution in [2.45, 2.75) is 71.3 Å². The first-order chi connectivity index (χ1) is 12.8. The minimum atomic E-state index is -0.609. The Kier molecular flexibility index (Phi) is 4.74. The number of nitrogens with zero attached hydrogens (tertiary/aromatic N) is 3. The maximum Gasteiger partial charge on any atom is 0.309 e. The van der Waals surface area contributed by atoms with Gasteiger partial charge >= 0.3 is 5.97 Å². The summed E-state index contributed by atoms with van der Waals surface area (Å²) in [4.78, 5) is 15.5. The van der Waals surface area contributed by atoms with E-state index < -0.39 is 11.4 Å². The van der Waals surface area contributed by atoms with E-state index >= 15 is 0 Å². The molecule has 1 spiro atoms. The van der Waals surface area contributed by atoms with Crippen molar-refractivity contribution in [2.24, 2.45) is 45.0 Å². The Morgan fingerprint density at radius 2 is 1.96 bits per heavy atom. The fourth-order valence-electron chi connectivity index (χ4n) is 8.41. The molecule has 0 radical (unpaired) electrons. The van der Waals surface area contributed by atoms with Crippen LogP contribution in [0.5, 0.6) is 0 Å². The lowest BCUT2D eigenvalue weighted by Crippen LogP contribution is -2.66. The molecule has 5 saturated carbocycles. The molecule has 0 aromatic rings. The van der Waals surface area contributed by atoms with E-state index in [0.717, 1.165) is 37.9 Å². The van der Waals surface area contributed by atoms with Gasteiger partial charge in [0.05, 0.1) is 5.41 Å². The van der Waals surface area contributed by atoms with Gasteiger partial charge in [-0.25, -0.2) is 0 Å². The van der Waals surface area contributed by atoms with E-state index in [0.29, 0.717) is 17.8 Å². The summed E-state index contributed by atoms with van der Waals surface area (Å²) in [5.41, 5.74) is 8.91. The highest BCUT2D eigenvalue weighted by Gasteiger charge is 2.68. The number of carboxylic acid groups (broad SMARTS) is 1. The highest BCUT2D eigenvalue weighted by molar-refractivity contribution is 7.98. The minimum absolute atomic E-state index is 0.0653. The second-order valence-corrected chi connectivity index (χ2v) is 11.2. The predicted molar refractivity (Wildman–Crippen MR) is 108 cm³/mol. The number of hydrogen-bond donors (Lipinski definition) is 1. The van der Waals surface area contributed by atoms with Gasteiger partial charge in [-0.3, -0.25) is 4.79 Å². The monoisotopic (exact) mass is 391 g/mol. The van der Waals surface area contributed by atoms with Gasteiger partial charge in [0.2, 0.25) is 0 Å². The summed E-state index contributed by atoms with van der Waals surface area (Å²) >= 11 is 1.88. The molecular formula is C21H33N3O2S. The molecule has 0 saturated heterocycles. The molecule has 5 nitrogen and oxygen atoms in total. The van der Waals surface area contributed by atoms with E-state index in [9.17, 15) is 15.4 Å². The van der Waals surface area contributed by atoms with Crippen LogP contribution in [0, 0.1) is 39.9 Å². The fraction of sp³-hybridized carbons (Fsp3) is 0.952. The number of aliphatic carboxylic acids is 1. The van der Waals surface area contributed by atoms with E-state index in [4.69, 9.17) is 0 Å². The second-order valence-electron chi connectivity index (χ2n) is 10.3. The minimum Gasteiger partial charge on any atom is -0.481 e. The SMILES string of the molecule is CSC[C@H]1[C@H]2CC[C@@]3(CC[C@H]4[C@@](C)(CCC[C@@]4(C)C(=O)O)[C@@H]3C2)[C@@H]1N=[N+]=[N-]. The molecular weight excluding hydrogens is 358 g/mol. The van der Waals surface area contributed by atoms with Gasteiger partial charge in [0.25, 0.3) is 0 Å². The molecule has 8 atom stereocenters. The van der Waals surface area contributed by atoms with Gasteiger partial charge in [-0.05, 0) is 104 Å². The van der Waals surface area contributed by atoms with Crippen molar-refractivity contribution in [2.75, 3.05) is 12.0 Å². The van der Waals surface area contributed by atoms with Crippen molar-refractivity contribution in [3.05, 3.63) is 10.4 Å². The Bertz CT molecular complexity index is 680. The van der Waals surface area contributed by atoms with Gasteiger partial charge in [-0.15, -0.1) is 0 Å². The highest BCUT2D eigenvalue weighted by atomic mass is 32.2. The third-order valence-corrected chi connectivity index (χ3v) is 10.2. The first kappa shape index (κ1) is 19.4. The summed E-state index contributed by atoms with van der Waals surface area (Å²) in [7, 11) is 0. The third kappa shape index (κ3) is 2.51. The molecule has 0 aliphatic heterocycles. The van der Waals surface area contributed by atoms with Crippen LogP contribution in [0.25, 0.3) is 10.4 Å². The van der Waals surface area contributed by atoms with Crippen molar-refractivity contribution in [1.29, 1.82) is 0 Å². The van der Waals surface area contributed by atoms with Crippen LogP contribution in [0.4, 0.5) is 0 Å². The van der Waals surface area contributed by atoms with Crippen LogP contribution < -0.4 is 0 Å². The fourth-order valence-corrected chi connectivity index (χ4v) is 9.25. The number of hydrogen-bond acceptors (Lipinski definition) is 3. The highest BCUT2D eigenvalue weighted by Crippen LogP contribution is 2.72. The average molecular weight is 392 g/mol. The molecule has 0 heterocycles. The van der Waals surface area contributed by atoms with Crippen molar-refractivity contribution in [3.63, 3.8) is 0 Å². The summed E-state index contributed by atoms with van der Waals surface area (Å²) in [6, 6.07) is 0.100. The number of rotatable bonds is 4. The van der Waals surface area contributed by atoms with Gasteiger partial charge in [0, 0.05) is 11.0 Å². The molecule has 0 unspecified atom stereocenters. The zero-order valence-corrected chi connectivity index (χ0v) is 17.7. The van der Waals surface area contributed by atoms with E-state index in [-0.39, 0.29) is 22.8 Å². The van der Waals surface area contributed by atoms with Crippen LogP contribution in [0.2, 0.25) is 0 Å². The molecule has 1 N–H and O–H groups in total. The normalized spacial score (nSPS) is 51.0. The van der Waals surface area contributed by atoms with E-state index in [1.807, 2.05) is 18.7 Å². The number of thioether (sulfide) groups is 1. The summed E-state index contributed by atoms with van der Waals surface area (Å²) in [6.45, 7) is 4.39. The van der Waals surface area contributed by atoms with Crippen LogP contribution in [-0.2, 0) is 4.79 Å². The van der Waals surface area contributed by atoms with Crippen molar-refractivity contribution < 1.29 is 9.90 Å². The quantitative estimate of drug-likeness (QED) is 0.376. The van der Waals surface area contributed by atoms with Crippen LogP contribution in [-0.4, -0.2) is 29.1 Å². The topological polar surface area (TPSA) is 86.1 Å². The first-order valence-electron chi connectivity index (χ1n) is 10.6. The summed E-state index contributed by atoms with van der Waals surface area (Å²) in [6.07, 6.45) is 10.8. The predicted octanol–water partition coefficient (Wildman–Crippen LogP) is 5.75.